The van der Waals surface area contributed by atoms with E-state index >= 15 is 0 Å². The zero-order valence-electron chi connectivity index (χ0n) is 11.7. The first-order chi connectivity index (χ1) is 10.2. The number of nitrogens with zero attached hydrogens (tertiary/aromatic N) is 2. The lowest BCUT2D eigenvalue weighted by atomic mass is 9.99. The highest BCUT2D eigenvalue weighted by Gasteiger charge is 2.30. The molecule has 0 saturated heterocycles. The molecule has 1 heterocycles. The number of hydrogen-bond acceptors (Lipinski definition) is 3. The standard InChI is InChI=1S/C17H15N3O/c1-20(13-6-4-5-12(9-13)10-18)17(21)15-11-19-16-8-3-2-7-14(15)16/h2-9,15,19H,11H2,1H3. The summed E-state index contributed by atoms with van der Waals surface area (Å²) in [4.78, 5) is 14.3. The van der Waals surface area contributed by atoms with E-state index in [9.17, 15) is 4.79 Å². The van der Waals surface area contributed by atoms with Crippen LogP contribution in [0.25, 0.3) is 0 Å². The van der Waals surface area contributed by atoms with Crippen LogP contribution in [-0.4, -0.2) is 19.5 Å². The maximum absolute atomic E-state index is 12.7. The van der Waals surface area contributed by atoms with Crippen LogP contribution < -0.4 is 10.2 Å². The second kappa shape index (κ2) is 5.29. The van der Waals surface area contributed by atoms with Crippen molar-refractivity contribution < 1.29 is 4.79 Å². The first-order valence-corrected chi connectivity index (χ1v) is 6.81. The molecule has 0 fully saturated rings. The summed E-state index contributed by atoms with van der Waals surface area (Å²) in [5.41, 5.74) is 3.35. The minimum atomic E-state index is -0.183. The smallest absolute Gasteiger partial charge is 0.236 e. The van der Waals surface area contributed by atoms with Gasteiger partial charge in [0.05, 0.1) is 17.6 Å². The minimum absolute atomic E-state index is 0.0301. The molecule has 0 aromatic heterocycles. The number of nitriles is 1. The zero-order chi connectivity index (χ0) is 14.8. The van der Waals surface area contributed by atoms with Crippen molar-refractivity contribution in [3.8, 4) is 6.07 Å². The fourth-order valence-electron chi connectivity index (χ4n) is 2.65. The Hall–Kier alpha value is -2.80. The lowest BCUT2D eigenvalue weighted by Crippen LogP contribution is -2.32. The zero-order valence-corrected chi connectivity index (χ0v) is 11.7. The molecule has 0 radical (unpaired) electrons. The molecule has 1 unspecified atom stereocenters. The summed E-state index contributed by atoms with van der Waals surface area (Å²) < 4.78 is 0. The molecule has 0 bridgehead atoms. The van der Waals surface area contributed by atoms with E-state index < -0.39 is 0 Å². The number of anilines is 2. The predicted octanol–water partition coefficient (Wildman–Crippen LogP) is 2.73. The molecule has 4 nitrogen and oxygen atoms in total. The maximum Gasteiger partial charge on any atom is 0.236 e. The van der Waals surface area contributed by atoms with Crippen LogP contribution in [0.5, 0.6) is 0 Å². The average molecular weight is 277 g/mol. The number of benzene rings is 2. The molecule has 1 aliphatic heterocycles. The number of para-hydroxylation sites is 1. The third kappa shape index (κ3) is 2.34. The third-order valence-corrected chi connectivity index (χ3v) is 3.82. The Morgan fingerprint density at radius 3 is 2.90 bits per heavy atom. The quantitative estimate of drug-likeness (QED) is 0.918. The third-order valence-electron chi connectivity index (χ3n) is 3.82. The van der Waals surface area contributed by atoms with Crippen molar-refractivity contribution in [1.82, 2.24) is 0 Å². The summed E-state index contributed by atoms with van der Waals surface area (Å²) >= 11 is 0. The van der Waals surface area contributed by atoms with Crippen molar-refractivity contribution in [3.05, 3.63) is 59.7 Å². The van der Waals surface area contributed by atoms with E-state index in [0.29, 0.717) is 12.1 Å². The molecule has 0 spiro atoms. The van der Waals surface area contributed by atoms with Gasteiger partial charge < -0.3 is 10.2 Å². The minimum Gasteiger partial charge on any atom is -0.384 e. The maximum atomic E-state index is 12.7. The number of carbonyl (C=O) groups excluding carboxylic acids is 1. The molecule has 2 aromatic carbocycles. The molecule has 21 heavy (non-hydrogen) atoms. The Morgan fingerprint density at radius 2 is 2.10 bits per heavy atom. The first-order valence-electron chi connectivity index (χ1n) is 6.81. The molecule has 1 amide bonds. The molecular formula is C17H15N3O. The first kappa shape index (κ1) is 13.2. The van der Waals surface area contributed by atoms with Gasteiger partial charge in [-0.25, -0.2) is 0 Å². The fraction of sp³-hybridized carbons (Fsp3) is 0.176. The van der Waals surface area contributed by atoms with E-state index in [2.05, 4.69) is 11.4 Å². The second-order valence-electron chi connectivity index (χ2n) is 5.08. The number of amides is 1. The van der Waals surface area contributed by atoms with Gasteiger partial charge in [-0.1, -0.05) is 24.3 Å². The molecule has 3 rings (SSSR count). The molecule has 0 aliphatic carbocycles. The molecule has 4 heteroatoms. The number of carbonyl (C=O) groups is 1. The van der Waals surface area contributed by atoms with Crippen molar-refractivity contribution in [2.24, 2.45) is 0 Å². The van der Waals surface area contributed by atoms with E-state index in [4.69, 9.17) is 5.26 Å². The van der Waals surface area contributed by atoms with E-state index in [1.807, 2.05) is 30.3 Å². The summed E-state index contributed by atoms with van der Waals surface area (Å²) in [6, 6.07) is 17.1. The number of nitrogens with one attached hydrogen (secondary N) is 1. The molecule has 0 saturated carbocycles. The lowest BCUT2D eigenvalue weighted by Gasteiger charge is -2.21. The van der Waals surface area contributed by atoms with Crippen LogP contribution in [0.15, 0.2) is 48.5 Å². The lowest BCUT2D eigenvalue weighted by molar-refractivity contribution is -0.119. The Balaban J connectivity index is 1.87. The Kier molecular flexibility index (Phi) is 3.33. The molecule has 2 aromatic rings. The summed E-state index contributed by atoms with van der Waals surface area (Å²) in [6.45, 7) is 0.612. The van der Waals surface area contributed by atoms with Gasteiger partial charge >= 0.3 is 0 Å². The molecule has 104 valence electrons. The van der Waals surface area contributed by atoms with Crippen LogP contribution in [0.3, 0.4) is 0 Å². The molecule has 1 atom stereocenters. The van der Waals surface area contributed by atoms with Crippen LogP contribution in [0.4, 0.5) is 11.4 Å². The number of rotatable bonds is 2. The van der Waals surface area contributed by atoms with E-state index in [0.717, 1.165) is 16.9 Å². The second-order valence-corrected chi connectivity index (χ2v) is 5.08. The van der Waals surface area contributed by atoms with Gasteiger partial charge in [-0.15, -0.1) is 0 Å². The van der Waals surface area contributed by atoms with Gasteiger partial charge in [0.25, 0.3) is 0 Å². The van der Waals surface area contributed by atoms with Crippen molar-refractivity contribution in [2.45, 2.75) is 5.92 Å². The van der Waals surface area contributed by atoms with Gasteiger partial charge in [0, 0.05) is 25.0 Å². The SMILES string of the molecule is CN(C(=O)C1CNc2ccccc21)c1cccc(C#N)c1. The van der Waals surface area contributed by atoms with Gasteiger partial charge in [-0.3, -0.25) is 4.79 Å². The van der Waals surface area contributed by atoms with Crippen molar-refractivity contribution in [3.63, 3.8) is 0 Å². The topological polar surface area (TPSA) is 56.1 Å². The summed E-state index contributed by atoms with van der Waals surface area (Å²) in [7, 11) is 1.75. The number of likely N-dealkylation sites (N-methyl/N-ethyl adjacent to an activating group) is 1. The Bertz CT molecular complexity index is 733. The van der Waals surface area contributed by atoms with Gasteiger partial charge in [-0.05, 0) is 29.8 Å². The van der Waals surface area contributed by atoms with E-state index in [1.165, 1.54) is 0 Å². The largest absolute Gasteiger partial charge is 0.384 e. The van der Waals surface area contributed by atoms with Crippen LogP contribution in [-0.2, 0) is 4.79 Å². The number of fused-ring (bicyclic) bond motifs is 1. The van der Waals surface area contributed by atoms with Gasteiger partial charge in [0.2, 0.25) is 5.91 Å². The van der Waals surface area contributed by atoms with Crippen LogP contribution in [0.1, 0.15) is 17.0 Å². The highest BCUT2D eigenvalue weighted by Crippen LogP contribution is 2.33. The van der Waals surface area contributed by atoms with Crippen molar-refractivity contribution in [1.29, 1.82) is 5.26 Å². The Labute approximate surface area is 123 Å². The summed E-state index contributed by atoms with van der Waals surface area (Å²) in [5.74, 6) is -0.153. The van der Waals surface area contributed by atoms with Crippen LogP contribution in [0.2, 0.25) is 0 Å². The van der Waals surface area contributed by atoms with Gasteiger partial charge in [0.15, 0.2) is 0 Å². The van der Waals surface area contributed by atoms with Crippen molar-refractivity contribution in [2.75, 3.05) is 23.8 Å². The highest BCUT2D eigenvalue weighted by atomic mass is 16.2. The molecule has 1 aliphatic rings. The Morgan fingerprint density at radius 1 is 1.29 bits per heavy atom. The predicted molar refractivity (Wildman–Crippen MR) is 82.2 cm³/mol. The van der Waals surface area contributed by atoms with Crippen LogP contribution >= 0.6 is 0 Å². The number of hydrogen-bond donors (Lipinski definition) is 1. The normalized spacial score (nSPS) is 15.7. The molecular weight excluding hydrogens is 262 g/mol. The van der Waals surface area contributed by atoms with Crippen molar-refractivity contribution >= 4 is 17.3 Å². The fourth-order valence-corrected chi connectivity index (χ4v) is 2.65. The van der Waals surface area contributed by atoms with E-state index in [-0.39, 0.29) is 11.8 Å². The van der Waals surface area contributed by atoms with Gasteiger partial charge in [-0.2, -0.15) is 5.26 Å². The van der Waals surface area contributed by atoms with Gasteiger partial charge in [0.1, 0.15) is 0 Å². The van der Waals surface area contributed by atoms with Crippen LogP contribution in [0, 0.1) is 11.3 Å². The molecule has 1 N–H and O–H groups in total. The van der Waals surface area contributed by atoms with E-state index in [1.54, 1.807) is 30.1 Å². The summed E-state index contributed by atoms with van der Waals surface area (Å²) in [6.07, 6.45) is 0. The monoisotopic (exact) mass is 277 g/mol. The highest BCUT2D eigenvalue weighted by molar-refractivity contribution is 6.00. The summed E-state index contributed by atoms with van der Waals surface area (Å²) in [5, 5.41) is 12.2. The average Bonchev–Trinajstić information content (AvgIpc) is 2.97.